The van der Waals surface area contributed by atoms with Gasteiger partial charge in [-0.1, -0.05) is 30.4 Å². The normalized spacial score (nSPS) is 21.4. The molecule has 1 atom stereocenters. The van der Waals surface area contributed by atoms with Gasteiger partial charge in [-0.15, -0.1) is 0 Å². The minimum absolute atomic E-state index is 0.173. The van der Waals surface area contributed by atoms with E-state index in [1.165, 1.54) is 63.5 Å². The average Bonchev–Trinajstić information content (AvgIpc) is 2.70. The Morgan fingerprint density at radius 3 is 2.59 bits per heavy atom. The van der Waals surface area contributed by atoms with Gasteiger partial charge in [-0.05, 0) is 86.9 Å². The molecule has 1 saturated heterocycles. The van der Waals surface area contributed by atoms with Crippen LogP contribution >= 0.6 is 0 Å². The zero-order valence-corrected chi connectivity index (χ0v) is 16.0. The summed E-state index contributed by atoms with van der Waals surface area (Å²) in [6.45, 7) is 3.65. The Labute approximate surface area is 162 Å². The molecule has 142 valence electrons. The molecular weight excluding hydrogens is 335 g/mol. The zero-order chi connectivity index (χ0) is 18.5. The molecule has 0 radical (unpaired) electrons. The Balaban J connectivity index is 1.29. The van der Waals surface area contributed by atoms with Gasteiger partial charge < -0.3 is 4.90 Å². The van der Waals surface area contributed by atoms with Crippen molar-refractivity contribution in [3.63, 3.8) is 0 Å². The van der Waals surface area contributed by atoms with Gasteiger partial charge in [0.15, 0.2) is 0 Å². The summed E-state index contributed by atoms with van der Waals surface area (Å²) in [6, 6.07) is 11.2. The number of aromatic nitrogens is 1. The molecule has 0 amide bonds. The second kappa shape index (κ2) is 8.79. The van der Waals surface area contributed by atoms with Crippen LogP contribution in [0.25, 0.3) is 0 Å². The van der Waals surface area contributed by atoms with E-state index in [1.54, 1.807) is 12.1 Å². The third-order valence-electron chi connectivity index (χ3n) is 6.04. The van der Waals surface area contributed by atoms with E-state index in [9.17, 15) is 4.39 Å². The van der Waals surface area contributed by atoms with Crippen molar-refractivity contribution >= 4 is 0 Å². The zero-order valence-electron chi connectivity index (χ0n) is 16.0. The first kappa shape index (κ1) is 18.4. The van der Waals surface area contributed by atoms with Crippen molar-refractivity contribution in [2.75, 3.05) is 19.6 Å². The molecule has 0 spiro atoms. The van der Waals surface area contributed by atoms with Crippen molar-refractivity contribution in [3.05, 3.63) is 77.4 Å². The van der Waals surface area contributed by atoms with E-state index < -0.39 is 0 Å². The second-order valence-corrected chi connectivity index (χ2v) is 8.12. The fourth-order valence-corrected chi connectivity index (χ4v) is 4.46. The highest BCUT2D eigenvalue weighted by Crippen LogP contribution is 2.28. The quantitative estimate of drug-likeness (QED) is 0.665. The SMILES string of the molecule is Fc1cccc(Cc2ccc(C3CCN(CC4CC=CCC4)CC3)nc2)c1. The van der Waals surface area contributed by atoms with Gasteiger partial charge in [0, 0.05) is 24.4 Å². The van der Waals surface area contributed by atoms with Crippen LogP contribution < -0.4 is 0 Å². The summed E-state index contributed by atoms with van der Waals surface area (Å²) in [5.41, 5.74) is 3.36. The number of allylic oxidation sites excluding steroid dienone is 2. The number of rotatable bonds is 5. The van der Waals surface area contributed by atoms with Crippen molar-refractivity contribution < 1.29 is 4.39 Å². The van der Waals surface area contributed by atoms with Crippen molar-refractivity contribution in [1.82, 2.24) is 9.88 Å². The monoisotopic (exact) mass is 364 g/mol. The molecule has 2 aromatic rings. The molecule has 3 heteroatoms. The van der Waals surface area contributed by atoms with Crippen LogP contribution in [0.1, 0.15) is 54.8 Å². The number of pyridine rings is 1. The first-order valence-electron chi connectivity index (χ1n) is 10.3. The highest BCUT2D eigenvalue weighted by atomic mass is 19.1. The van der Waals surface area contributed by atoms with E-state index in [2.05, 4.69) is 29.2 Å². The lowest BCUT2D eigenvalue weighted by Gasteiger charge is -2.34. The van der Waals surface area contributed by atoms with Gasteiger partial charge in [-0.3, -0.25) is 4.98 Å². The minimum atomic E-state index is -0.173. The smallest absolute Gasteiger partial charge is 0.123 e. The molecule has 27 heavy (non-hydrogen) atoms. The average molecular weight is 365 g/mol. The fraction of sp³-hybridized carbons (Fsp3) is 0.458. The number of hydrogen-bond donors (Lipinski definition) is 0. The van der Waals surface area contributed by atoms with Crippen LogP contribution in [-0.4, -0.2) is 29.5 Å². The summed E-state index contributed by atoms with van der Waals surface area (Å²) in [6.07, 6.45) is 13.7. The van der Waals surface area contributed by atoms with Crippen molar-refractivity contribution in [3.8, 4) is 0 Å². The maximum Gasteiger partial charge on any atom is 0.123 e. The molecule has 2 aliphatic rings. The minimum Gasteiger partial charge on any atom is -0.303 e. The summed E-state index contributed by atoms with van der Waals surface area (Å²) < 4.78 is 13.3. The predicted octanol–water partition coefficient (Wildman–Crippen LogP) is 5.35. The molecule has 1 aromatic carbocycles. The summed E-state index contributed by atoms with van der Waals surface area (Å²) in [5, 5.41) is 0. The Bertz CT molecular complexity index is 760. The lowest BCUT2D eigenvalue weighted by atomic mass is 9.90. The van der Waals surface area contributed by atoms with E-state index in [1.807, 2.05) is 12.3 Å². The topological polar surface area (TPSA) is 16.1 Å². The summed E-state index contributed by atoms with van der Waals surface area (Å²) >= 11 is 0. The van der Waals surface area contributed by atoms with Crippen LogP contribution in [0.3, 0.4) is 0 Å². The van der Waals surface area contributed by atoms with Crippen LogP contribution in [0.2, 0.25) is 0 Å². The van der Waals surface area contributed by atoms with Crippen molar-refractivity contribution in [2.24, 2.45) is 5.92 Å². The van der Waals surface area contributed by atoms with Gasteiger partial charge >= 0.3 is 0 Å². The molecule has 0 bridgehead atoms. The van der Waals surface area contributed by atoms with E-state index in [4.69, 9.17) is 4.98 Å². The molecule has 0 N–H and O–H groups in total. The number of likely N-dealkylation sites (tertiary alicyclic amines) is 1. The highest BCUT2D eigenvalue weighted by molar-refractivity contribution is 5.26. The van der Waals surface area contributed by atoms with Crippen molar-refractivity contribution in [1.29, 1.82) is 0 Å². The summed E-state index contributed by atoms with van der Waals surface area (Å²) in [5.74, 6) is 1.26. The van der Waals surface area contributed by atoms with Gasteiger partial charge in [0.2, 0.25) is 0 Å². The number of nitrogens with zero attached hydrogens (tertiary/aromatic N) is 2. The fourth-order valence-electron chi connectivity index (χ4n) is 4.46. The molecule has 1 aromatic heterocycles. The Morgan fingerprint density at radius 2 is 1.89 bits per heavy atom. The number of hydrogen-bond acceptors (Lipinski definition) is 2. The van der Waals surface area contributed by atoms with Crippen LogP contribution in [0.4, 0.5) is 4.39 Å². The molecule has 2 heterocycles. The molecule has 2 nitrogen and oxygen atoms in total. The molecule has 0 saturated carbocycles. The van der Waals surface area contributed by atoms with E-state index >= 15 is 0 Å². The summed E-state index contributed by atoms with van der Waals surface area (Å²) in [4.78, 5) is 7.39. The van der Waals surface area contributed by atoms with Crippen LogP contribution in [0, 0.1) is 11.7 Å². The number of piperidine rings is 1. The lowest BCUT2D eigenvalue weighted by molar-refractivity contribution is 0.177. The lowest BCUT2D eigenvalue weighted by Crippen LogP contribution is -2.36. The van der Waals surface area contributed by atoms with E-state index in [0.717, 1.165) is 23.5 Å². The van der Waals surface area contributed by atoms with Gasteiger partial charge in [-0.2, -0.15) is 0 Å². The molecule has 1 unspecified atom stereocenters. The number of benzene rings is 1. The van der Waals surface area contributed by atoms with Crippen LogP contribution in [0.5, 0.6) is 0 Å². The molecule has 1 fully saturated rings. The highest BCUT2D eigenvalue weighted by Gasteiger charge is 2.23. The van der Waals surface area contributed by atoms with E-state index in [-0.39, 0.29) is 5.82 Å². The first-order valence-corrected chi connectivity index (χ1v) is 10.3. The van der Waals surface area contributed by atoms with Crippen LogP contribution in [-0.2, 0) is 6.42 Å². The van der Waals surface area contributed by atoms with Gasteiger partial charge in [0.25, 0.3) is 0 Å². The van der Waals surface area contributed by atoms with E-state index in [0.29, 0.717) is 5.92 Å². The van der Waals surface area contributed by atoms with Gasteiger partial charge in [0.1, 0.15) is 5.82 Å². The molecule has 1 aliphatic heterocycles. The largest absolute Gasteiger partial charge is 0.303 e. The summed E-state index contributed by atoms with van der Waals surface area (Å²) in [7, 11) is 0. The third kappa shape index (κ3) is 5.04. The first-order chi connectivity index (χ1) is 13.3. The standard InChI is InChI=1S/C24H29FN2/c25-23-8-4-7-20(16-23)15-21-9-10-24(26-17-21)22-11-13-27(14-12-22)18-19-5-2-1-3-6-19/h1-2,4,7-10,16-17,19,22H,3,5-6,11-15,18H2. The molecule has 4 rings (SSSR count). The maximum absolute atomic E-state index is 13.3. The molecular formula is C24H29FN2. The third-order valence-corrected chi connectivity index (χ3v) is 6.04. The predicted molar refractivity (Wildman–Crippen MR) is 108 cm³/mol. The van der Waals surface area contributed by atoms with Gasteiger partial charge in [-0.25, -0.2) is 4.39 Å². The maximum atomic E-state index is 13.3. The van der Waals surface area contributed by atoms with Crippen molar-refractivity contribution in [2.45, 2.75) is 44.4 Å². The number of halogens is 1. The Hall–Kier alpha value is -2.00. The Morgan fingerprint density at radius 1 is 1.00 bits per heavy atom. The Kier molecular flexibility index (Phi) is 5.98. The second-order valence-electron chi connectivity index (χ2n) is 8.12. The van der Waals surface area contributed by atoms with Gasteiger partial charge in [0.05, 0.1) is 0 Å². The molecule has 1 aliphatic carbocycles. The van der Waals surface area contributed by atoms with Crippen LogP contribution in [0.15, 0.2) is 54.7 Å².